The van der Waals surface area contributed by atoms with Crippen molar-refractivity contribution in [3.63, 3.8) is 0 Å². The summed E-state index contributed by atoms with van der Waals surface area (Å²) < 4.78 is 188. The van der Waals surface area contributed by atoms with Crippen LogP contribution in [0.3, 0.4) is 0 Å². The maximum Gasteiger partial charge on any atom is 0.238 e. The van der Waals surface area contributed by atoms with Crippen LogP contribution in [0.15, 0.2) is 222 Å². The predicted molar refractivity (Wildman–Crippen MR) is 242 cm³/mol. The highest BCUT2D eigenvalue weighted by atomic mass is 28.3. The molecule has 0 aliphatic rings. The second-order valence-electron chi connectivity index (χ2n) is 12.7. The van der Waals surface area contributed by atoms with Crippen LogP contribution < -0.4 is 20.7 Å². The van der Waals surface area contributed by atoms with Crippen LogP contribution >= 0.6 is 0 Å². The molecule has 1 N–H and O–H groups in total. The first-order chi connectivity index (χ1) is 36.9. The minimum atomic E-state index is -4.08. The standard InChI is InChI=1S/C51H37N5Si/c52-50(37-19-18-26-41(35-37)57(38-20-4-1-5-21-38,39-22-6-2-7-23-39)40-24-8-3-9-25-40)54-51(56-48-33-16-12-29-44(48)45-30-13-17-34-49(45)56)53-36-55-46-31-14-10-27-42(46)43-28-11-15-32-47(43)55/h1-36,52H/b52-50?,53-36+,54-51?/i1D,4D,5D,10D,11D,12D,13D,14D,15D,16D,17D,20D,21D,27D,28D,29D,30D,31D,32D,33D,34D. The van der Waals surface area contributed by atoms with Crippen molar-refractivity contribution < 1.29 is 28.8 Å². The van der Waals surface area contributed by atoms with Gasteiger partial charge >= 0.3 is 0 Å². The van der Waals surface area contributed by atoms with Gasteiger partial charge in [0.25, 0.3) is 0 Å². The molecule has 10 aromatic rings. The van der Waals surface area contributed by atoms with Crippen LogP contribution in [0.4, 0.5) is 0 Å². The normalized spacial score (nSPS) is 17.5. The molecule has 0 saturated heterocycles. The van der Waals surface area contributed by atoms with E-state index in [1.807, 2.05) is 0 Å². The third-order valence-electron chi connectivity index (χ3n) is 9.66. The van der Waals surface area contributed by atoms with Crippen molar-refractivity contribution in [2.24, 2.45) is 9.98 Å². The lowest BCUT2D eigenvalue weighted by Gasteiger charge is -2.34. The SMILES string of the molecule is [2H]c1c([2H])c([2H])c([Si](c2ccccc2)(c2ccccc2)c2cccc(C(=N)N=C(/N=C/n3c4c([2H])c([2H])c([2H])c([2H])c4c4c([2H])c([2H])c([2H])c([2H])c43)n3c4c([2H])c([2H])c([2H])c([2H])c4c4c([2H])c([2H])c([2H])c([2H])c43)c2)c([2H])c1[2H]. The fraction of sp³-hybridized carbons (Fsp3) is 0. The molecule has 0 spiro atoms. The number of aromatic nitrogens is 2. The molecule has 6 heteroatoms. The minimum Gasteiger partial charge on any atom is -0.300 e. The van der Waals surface area contributed by atoms with E-state index < -0.39 is 158 Å². The summed E-state index contributed by atoms with van der Waals surface area (Å²) in [4.78, 5) is 9.29. The van der Waals surface area contributed by atoms with Gasteiger partial charge in [0.1, 0.15) is 6.34 Å². The zero-order valence-electron chi connectivity index (χ0n) is 50.4. The number of para-hydroxylation sites is 4. The number of benzene rings is 8. The summed E-state index contributed by atoms with van der Waals surface area (Å²) in [5.41, 5.74) is -1.73. The molecule has 0 aliphatic heterocycles. The van der Waals surface area contributed by atoms with E-state index in [1.165, 1.54) is 6.07 Å². The molecule has 57 heavy (non-hydrogen) atoms. The molecule has 2 aromatic heterocycles. The van der Waals surface area contributed by atoms with Gasteiger partial charge in [-0.05, 0) is 44.9 Å². The average molecular weight is 769 g/mol. The van der Waals surface area contributed by atoms with E-state index in [2.05, 4.69) is 9.98 Å². The molecule has 5 nitrogen and oxygen atoms in total. The Morgan fingerprint density at radius 3 is 1.49 bits per heavy atom. The molecule has 8 aromatic carbocycles. The van der Waals surface area contributed by atoms with E-state index in [1.54, 1.807) is 78.9 Å². The third-order valence-corrected chi connectivity index (χ3v) is 14.2. The second kappa shape index (κ2) is 14.3. The molecule has 10 rings (SSSR count). The van der Waals surface area contributed by atoms with E-state index in [4.69, 9.17) is 23.3 Å². The molecule has 0 radical (unpaired) electrons. The molecule has 270 valence electrons. The van der Waals surface area contributed by atoms with E-state index in [0.717, 1.165) is 15.5 Å². The Bertz CT molecular complexity index is 4140. The van der Waals surface area contributed by atoms with Gasteiger partial charge in [-0.3, -0.25) is 14.5 Å². The van der Waals surface area contributed by atoms with Crippen LogP contribution in [0, 0.1) is 5.41 Å². The first kappa shape index (κ1) is 18.5. The number of hydrogen-bond donors (Lipinski definition) is 1. The average Bonchev–Trinajstić information content (AvgIpc) is 4.21. The van der Waals surface area contributed by atoms with Crippen LogP contribution in [0.1, 0.15) is 34.3 Å². The summed E-state index contributed by atoms with van der Waals surface area (Å²) in [6.45, 7) is 0. The van der Waals surface area contributed by atoms with Gasteiger partial charge in [-0.2, -0.15) is 4.99 Å². The van der Waals surface area contributed by atoms with E-state index in [0.29, 0.717) is 15.6 Å². The molecule has 0 unspecified atom stereocenters. The topological polar surface area (TPSA) is 58.4 Å². The maximum atomic E-state index is 9.83. The lowest BCUT2D eigenvalue weighted by Crippen LogP contribution is -2.74. The van der Waals surface area contributed by atoms with Gasteiger partial charge in [0, 0.05) is 27.1 Å². The number of nitrogens with one attached hydrogen (secondary N) is 1. The molecule has 0 atom stereocenters. The zero-order valence-corrected chi connectivity index (χ0v) is 30.4. The number of amidine groups is 1. The van der Waals surface area contributed by atoms with E-state index in [9.17, 15) is 10.9 Å². The lowest BCUT2D eigenvalue weighted by molar-refractivity contribution is 1.21. The smallest absolute Gasteiger partial charge is 0.238 e. The number of fused-ring (bicyclic) bond motifs is 6. The number of hydrogen-bond acceptors (Lipinski definition) is 1. The van der Waals surface area contributed by atoms with E-state index >= 15 is 0 Å². The highest BCUT2D eigenvalue weighted by molar-refractivity contribution is 7.19. The Hall–Kier alpha value is -7.41. The number of rotatable bonds is 6. The van der Waals surface area contributed by atoms with Gasteiger partial charge < -0.3 is 0 Å². The Labute approximate surface area is 361 Å². The minimum absolute atomic E-state index is 0.000885. The molecule has 0 aliphatic carbocycles. The quantitative estimate of drug-likeness (QED) is 0.0760. The Morgan fingerprint density at radius 2 is 0.947 bits per heavy atom. The van der Waals surface area contributed by atoms with Crippen molar-refractivity contribution in [3.8, 4) is 0 Å². The number of nitrogens with zero attached hydrogens (tertiary/aromatic N) is 4. The van der Waals surface area contributed by atoms with Gasteiger partial charge in [-0.1, -0.05) is 188 Å². The zero-order chi connectivity index (χ0) is 56.5. The fourth-order valence-corrected chi connectivity index (χ4v) is 11.7. The van der Waals surface area contributed by atoms with E-state index in [-0.39, 0.29) is 43.3 Å². The summed E-state index contributed by atoms with van der Waals surface area (Å²) >= 11 is 0. The van der Waals surface area contributed by atoms with Gasteiger partial charge in [0.2, 0.25) is 5.96 Å². The number of aliphatic imine (C=N–C) groups is 2. The van der Waals surface area contributed by atoms with Gasteiger partial charge in [-0.15, -0.1) is 0 Å². The van der Waals surface area contributed by atoms with Crippen LogP contribution in [-0.4, -0.2) is 35.3 Å². The summed E-state index contributed by atoms with van der Waals surface area (Å²) in [6.07, 6.45) is 0.866. The Balaban J connectivity index is 1.35. The maximum absolute atomic E-state index is 9.83. The third kappa shape index (κ3) is 5.74. The molecule has 0 amide bonds. The molecule has 0 bridgehead atoms. The first-order valence-corrected chi connectivity index (χ1v) is 19.4. The fourth-order valence-electron chi connectivity index (χ4n) is 7.24. The summed E-state index contributed by atoms with van der Waals surface area (Å²) in [5.74, 6) is -1.42. The second-order valence-corrected chi connectivity index (χ2v) is 16.4. The lowest BCUT2D eigenvalue weighted by atomic mass is 10.2. The highest BCUT2D eigenvalue weighted by Gasteiger charge is 2.41. The van der Waals surface area contributed by atoms with Crippen molar-refractivity contribution in [2.75, 3.05) is 0 Å². The molecule has 2 heterocycles. The van der Waals surface area contributed by atoms with Gasteiger partial charge in [0.15, 0.2) is 13.9 Å². The van der Waals surface area contributed by atoms with Crippen molar-refractivity contribution in [2.45, 2.75) is 0 Å². The van der Waals surface area contributed by atoms with Crippen LogP contribution in [-0.2, 0) is 0 Å². The van der Waals surface area contributed by atoms with Crippen LogP contribution in [0.5, 0.6) is 0 Å². The van der Waals surface area contributed by atoms with Crippen molar-refractivity contribution in [3.05, 3.63) is 217 Å². The van der Waals surface area contributed by atoms with Gasteiger partial charge in [0.05, 0.1) is 50.9 Å². The van der Waals surface area contributed by atoms with Crippen LogP contribution in [0.2, 0.25) is 0 Å². The van der Waals surface area contributed by atoms with Gasteiger partial charge in [-0.25, -0.2) is 4.99 Å². The highest BCUT2D eigenvalue weighted by Crippen LogP contribution is 2.30. The molecule has 0 fully saturated rings. The summed E-state index contributed by atoms with van der Waals surface area (Å²) in [7, 11) is -4.08. The van der Waals surface area contributed by atoms with Crippen molar-refractivity contribution in [1.29, 1.82) is 5.41 Å². The molecule has 0 saturated carbocycles. The summed E-state index contributed by atoms with van der Waals surface area (Å²) in [6, 6.07) is 9.47. The molecular weight excluding hydrogens is 711 g/mol. The van der Waals surface area contributed by atoms with Crippen molar-refractivity contribution >= 4 is 90.6 Å². The van der Waals surface area contributed by atoms with Crippen molar-refractivity contribution in [1.82, 2.24) is 9.13 Å². The first-order valence-electron chi connectivity index (χ1n) is 27.9. The van der Waals surface area contributed by atoms with Crippen LogP contribution in [0.25, 0.3) is 43.6 Å². The predicted octanol–water partition coefficient (Wildman–Crippen LogP) is 9.09. The molecular formula is C51H37N5Si. The Morgan fingerprint density at radius 1 is 0.491 bits per heavy atom. The summed E-state index contributed by atoms with van der Waals surface area (Å²) in [5, 5.41) is 9.99. The Kier molecular flexibility index (Phi) is 4.65. The largest absolute Gasteiger partial charge is 0.300 e. The monoisotopic (exact) mass is 768 g/mol.